The van der Waals surface area contributed by atoms with Gasteiger partial charge in [0, 0.05) is 11.8 Å². The lowest BCUT2D eigenvalue weighted by atomic mass is 10.1. The highest BCUT2D eigenvalue weighted by Gasteiger charge is 2.44. The van der Waals surface area contributed by atoms with Crippen molar-refractivity contribution in [2.24, 2.45) is 0 Å². The van der Waals surface area contributed by atoms with Crippen LogP contribution < -0.4 is 5.73 Å². The normalized spacial score (nSPS) is 26.6. The molecule has 1 aliphatic heterocycles. The number of nitrogens with zero attached hydrogens (tertiary/aromatic N) is 3. The number of aryl methyl sites for hydroxylation is 1. The van der Waals surface area contributed by atoms with E-state index in [-0.39, 0.29) is 6.61 Å². The molecule has 25 heavy (non-hydrogen) atoms. The van der Waals surface area contributed by atoms with Crippen LogP contribution in [0.4, 0.5) is 5.82 Å². The van der Waals surface area contributed by atoms with Gasteiger partial charge in [-0.3, -0.25) is 0 Å². The Bertz CT molecular complexity index is 911. The summed E-state index contributed by atoms with van der Waals surface area (Å²) in [5.41, 5.74) is 8.44. The van der Waals surface area contributed by atoms with Crippen LogP contribution in [0.25, 0.3) is 22.2 Å². The smallest absolute Gasteiger partial charge is 0.164 e. The number of hydrogen-bond donors (Lipinski definition) is 4. The summed E-state index contributed by atoms with van der Waals surface area (Å²) < 4.78 is 7.30. The van der Waals surface area contributed by atoms with Crippen LogP contribution in [0, 0.1) is 6.92 Å². The van der Waals surface area contributed by atoms with E-state index in [1.54, 1.807) is 29.0 Å². The van der Waals surface area contributed by atoms with Crippen molar-refractivity contribution in [3.8, 4) is 11.1 Å². The minimum Gasteiger partial charge on any atom is -0.394 e. The van der Waals surface area contributed by atoms with Gasteiger partial charge in [0.25, 0.3) is 0 Å². The first-order valence-electron chi connectivity index (χ1n) is 7.81. The second kappa shape index (κ2) is 6.04. The van der Waals surface area contributed by atoms with E-state index >= 15 is 0 Å². The first kappa shape index (κ1) is 16.4. The van der Waals surface area contributed by atoms with Crippen LogP contribution in [-0.4, -0.2) is 54.8 Å². The van der Waals surface area contributed by atoms with Crippen molar-refractivity contribution in [3.63, 3.8) is 0 Å². The Morgan fingerprint density at radius 1 is 1.32 bits per heavy atom. The molecule has 0 aliphatic carbocycles. The molecule has 0 bridgehead atoms. The maximum atomic E-state index is 10.4. The lowest BCUT2D eigenvalue weighted by Gasteiger charge is -2.17. The Labute approximate surface area is 147 Å². The van der Waals surface area contributed by atoms with Gasteiger partial charge in [0.15, 0.2) is 6.23 Å². The molecule has 132 valence electrons. The summed E-state index contributed by atoms with van der Waals surface area (Å²) in [6.45, 7) is 1.34. The van der Waals surface area contributed by atoms with Crippen molar-refractivity contribution in [2.45, 2.75) is 31.5 Å². The topological polar surface area (TPSA) is 127 Å². The van der Waals surface area contributed by atoms with E-state index in [2.05, 4.69) is 9.97 Å². The molecule has 1 fully saturated rings. The second-order valence-corrected chi connectivity index (χ2v) is 6.83. The molecule has 8 nitrogen and oxygen atoms in total. The van der Waals surface area contributed by atoms with E-state index in [0.717, 1.165) is 11.1 Å². The van der Waals surface area contributed by atoms with Crippen molar-refractivity contribution >= 4 is 28.2 Å². The number of ether oxygens (including phenoxy) is 1. The highest BCUT2D eigenvalue weighted by molar-refractivity contribution is 7.08. The van der Waals surface area contributed by atoms with E-state index in [4.69, 9.17) is 10.5 Å². The molecule has 0 unspecified atom stereocenters. The fourth-order valence-electron chi connectivity index (χ4n) is 3.23. The third-order valence-electron chi connectivity index (χ3n) is 4.44. The molecule has 0 aromatic carbocycles. The molecule has 4 atom stereocenters. The summed E-state index contributed by atoms with van der Waals surface area (Å²) in [7, 11) is 0. The van der Waals surface area contributed by atoms with Crippen LogP contribution in [0.1, 0.15) is 12.1 Å². The summed E-state index contributed by atoms with van der Waals surface area (Å²) in [5, 5.41) is 34.4. The lowest BCUT2D eigenvalue weighted by Crippen LogP contribution is -2.33. The highest BCUT2D eigenvalue weighted by atomic mass is 32.1. The number of aromatic nitrogens is 3. The lowest BCUT2D eigenvalue weighted by molar-refractivity contribution is -0.0508. The Morgan fingerprint density at radius 2 is 2.12 bits per heavy atom. The minimum atomic E-state index is -1.19. The summed E-state index contributed by atoms with van der Waals surface area (Å²) in [5.74, 6) is 0.835. The molecule has 3 aromatic heterocycles. The molecule has 5 N–H and O–H groups in total. The fraction of sp³-hybridized carbons (Fsp3) is 0.375. The van der Waals surface area contributed by atoms with Crippen molar-refractivity contribution < 1.29 is 20.1 Å². The van der Waals surface area contributed by atoms with Crippen molar-refractivity contribution in [1.82, 2.24) is 14.5 Å². The van der Waals surface area contributed by atoms with Crippen LogP contribution in [0.3, 0.4) is 0 Å². The zero-order valence-corrected chi connectivity index (χ0v) is 14.2. The van der Waals surface area contributed by atoms with Gasteiger partial charge in [-0.1, -0.05) is 0 Å². The van der Waals surface area contributed by atoms with Gasteiger partial charge in [0.2, 0.25) is 0 Å². The molecular formula is C16H18N4O4S. The van der Waals surface area contributed by atoms with E-state index in [9.17, 15) is 15.3 Å². The third-order valence-corrected chi connectivity index (χ3v) is 5.12. The summed E-state index contributed by atoms with van der Waals surface area (Å²) in [6, 6.07) is 1.96. The minimum absolute atomic E-state index is 0.342. The molecule has 4 heterocycles. The van der Waals surface area contributed by atoms with E-state index in [0.29, 0.717) is 22.7 Å². The second-order valence-electron chi connectivity index (χ2n) is 6.05. The number of nitrogens with two attached hydrogens (primary N) is 1. The molecule has 3 aromatic rings. The number of aliphatic hydroxyl groups is 3. The maximum Gasteiger partial charge on any atom is 0.164 e. The third kappa shape index (κ3) is 2.52. The molecule has 4 rings (SSSR count). The summed E-state index contributed by atoms with van der Waals surface area (Å²) in [4.78, 5) is 8.70. The van der Waals surface area contributed by atoms with Crippen molar-refractivity contribution in [3.05, 3.63) is 28.8 Å². The van der Waals surface area contributed by atoms with E-state index in [1.807, 2.05) is 16.8 Å². The zero-order chi connectivity index (χ0) is 17.7. The average Bonchev–Trinajstić information content (AvgIpc) is 3.27. The van der Waals surface area contributed by atoms with Gasteiger partial charge >= 0.3 is 0 Å². The Balaban J connectivity index is 1.93. The number of hydrogen-bond acceptors (Lipinski definition) is 8. The van der Waals surface area contributed by atoms with E-state index in [1.165, 1.54) is 0 Å². The Hall–Kier alpha value is -2.04. The first-order valence-corrected chi connectivity index (χ1v) is 8.75. The maximum absolute atomic E-state index is 10.4. The van der Waals surface area contributed by atoms with Crippen molar-refractivity contribution in [1.29, 1.82) is 0 Å². The monoisotopic (exact) mass is 362 g/mol. The van der Waals surface area contributed by atoms with Gasteiger partial charge in [-0.15, -0.1) is 0 Å². The number of anilines is 1. The molecule has 9 heteroatoms. The standard InChI is InChI=1S/C16H18N4O4S/c1-7-18-14(17)11-9(8-2-3-25-6-8)4-20(15(11)19-7)16-13(23)12(22)10(5-21)24-16/h2-4,6,10,12-13,16,21-23H,5H2,1H3,(H2,17,18,19)/t10-,12-,13-,16-/m1/s1. The van der Waals surface area contributed by atoms with Gasteiger partial charge in [0.05, 0.1) is 12.0 Å². The number of fused-ring (bicyclic) bond motifs is 1. The van der Waals surface area contributed by atoms with Gasteiger partial charge < -0.3 is 30.4 Å². The van der Waals surface area contributed by atoms with Gasteiger partial charge in [-0.2, -0.15) is 11.3 Å². The SMILES string of the molecule is Cc1nc(N)c2c(-c3ccsc3)cn([C@@H]3O[C@H](CO)[C@@H](O)[C@H]3O)c2n1. The predicted molar refractivity (Wildman–Crippen MR) is 93.0 cm³/mol. The van der Waals surface area contributed by atoms with Crippen LogP contribution in [0.15, 0.2) is 23.0 Å². The van der Waals surface area contributed by atoms with Crippen LogP contribution >= 0.6 is 11.3 Å². The number of nitrogen functional groups attached to an aromatic ring is 1. The number of aliphatic hydroxyl groups excluding tert-OH is 3. The van der Waals surface area contributed by atoms with Crippen LogP contribution in [-0.2, 0) is 4.74 Å². The Kier molecular flexibility index (Phi) is 3.97. The van der Waals surface area contributed by atoms with Gasteiger partial charge in [0.1, 0.15) is 35.6 Å². The molecule has 0 amide bonds. The molecule has 1 aliphatic rings. The predicted octanol–water partition coefficient (Wildman–Crippen LogP) is 0.662. The summed E-state index contributed by atoms with van der Waals surface area (Å²) >= 11 is 1.55. The zero-order valence-electron chi connectivity index (χ0n) is 13.4. The van der Waals surface area contributed by atoms with Gasteiger partial charge in [-0.25, -0.2) is 9.97 Å². The fourth-order valence-corrected chi connectivity index (χ4v) is 3.89. The van der Waals surface area contributed by atoms with Crippen LogP contribution in [0.5, 0.6) is 0 Å². The highest BCUT2D eigenvalue weighted by Crippen LogP contribution is 2.39. The molecule has 0 spiro atoms. The molecule has 0 saturated carbocycles. The Morgan fingerprint density at radius 3 is 2.76 bits per heavy atom. The average molecular weight is 362 g/mol. The first-order chi connectivity index (χ1) is 12.0. The van der Waals surface area contributed by atoms with Crippen molar-refractivity contribution in [2.75, 3.05) is 12.3 Å². The molecule has 1 saturated heterocycles. The summed E-state index contributed by atoms with van der Waals surface area (Å²) in [6.07, 6.45) is -2.33. The molecular weight excluding hydrogens is 344 g/mol. The number of thiophene rings is 1. The van der Waals surface area contributed by atoms with Crippen LogP contribution in [0.2, 0.25) is 0 Å². The largest absolute Gasteiger partial charge is 0.394 e. The molecule has 0 radical (unpaired) electrons. The number of rotatable bonds is 3. The van der Waals surface area contributed by atoms with E-state index < -0.39 is 24.5 Å². The quantitative estimate of drug-likeness (QED) is 0.539. The van der Waals surface area contributed by atoms with Gasteiger partial charge in [-0.05, 0) is 29.3 Å².